The number of ether oxygens (including phenoxy) is 1. The van der Waals surface area contributed by atoms with Crippen LogP contribution in [0.1, 0.15) is 46.6 Å². The Labute approximate surface area is 117 Å². The Morgan fingerprint density at radius 3 is 2.26 bits per heavy atom. The summed E-state index contributed by atoms with van der Waals surface area (Å²) in [6, 6.07) is 5.51. The van der Waals surface area contributed by atoms with Gasteiger partial charge in [0.25, 0.3) is 0 Å². The molecule has 0 aliphatic carbocycles. The van der Waals surface area contributed by atoms with Crippen LogP contribution in [0.4, 0.5) is 0 Å². The van der Waals surface area contributed by atoms with Gasteiger partial charge in [-0.3, -0.25) is 0 Å². The molecule has 0 heterocycles. The molecule has 0 aliphatic heterocycles. The number of hydrogen-bond acceptors (Lipinski definition) is 3. The molecule has 1 aromatic carbocycles. The predicted octanol–water partition coefficient (Wildman–Crippen LogP) is 3.71. The minimum absolute atomic E-state index is 0.0633. The van der Waals surface area contributed by atoms with Crippen molar-refractivity contribution in [1.29, 1.82) is 0 Å². The molecule has 0 amide bonds. The van der Waals surface area contributed by atoms with Crippen LogP contribution in [-0.2, 0) is 6.54 Å². The molecule has 0 atom stereocenters. The standard InChI is InChI=1S/C16H27NO2/c1-15(2,3)11-16(4,5)17-10-12-7-8-14(19-6)13(18)9-12/h7-9,17-18H,10-11H2,1-6H3. The molecule has 3 heteroatoms. The zero-order valence-corrected chi connectivity index (χ0v) is 13.0. The lowest BCUT2D eigenvalue weighted by Crippen LogP contribution is -2.41. The number of aromatic hydroxyl groups is 1. The lowest BCUT2D eigenvalue weighted by molar-refractivity contribution is 0.240. The number of hydrogen-bond donors (Lipinski definition) is 2. The first-order chi connectivity index (χ1) is 8.63. The molecule has 0 radical (unpaired) electrons. The van der Waals surface area contributed by atoms with Crippen LogP contribution in [0.5, 0.6) is 11.5 Å². The molecule has 0 bridgehead atoms. The van der Waals surface area contributed by atoms with Crippen molar-refractivity contribution in [2.75, 3.05) is 7.11 Å². The number of rotatable bonds is 5. The van der Waals surface area contributed by atoms with Gasteiger partial charge in [0.15, 0.2) is 11.5 Å². The van der Waals surface area contributed by atoms with Crippen molar-refractivity contribution < 1.29 is 9.84 Å². The highest BCUT2D eigenvalue weighted by molar-refractivity contribution is 5.41. The van der Waals surface area contributed by atoms with E-state index in [1.807, 2.05) is 6.07 Å². The summed E-state index contributed by atoms with van der Waals surface area (Å²) in [5, 5.41) is 13.3. The van der Waals surface area contributed by atoms with Crippen molar-refractivity contribution in [3.8, 4) is 11.5 Å². The molecular formula is C16H27NO2. The normalized spacial score (nSPS) is 12.5. The summed E-state index contributed by atoms with van der Waals surface area (Å²) in [6.07, 6.45) is 1.09. The Hall–Kier alpha value is -1.22. The van der Waals surface area contributed by atoms with Gasteiger partial charge in [-0.25, -0.2) is 0 Å². The molecule has 3 nitrogen and oxygen atoms in total. The molecule has 0 fully saturated rings. The summed E-state index contributed by atoms with van der Waals surface area (Å²) in [7, 11) is 1.55. The van der Waals surface area contributed by atoms with E-state index in [0.717, 1.165) is 18.5 Å². The molecular weight excluding hydrogens is 238 g/mol. The lowest BCUT2D eigenvalue weighted by atomic mass is 9.82. The van der Waals surface area contributed by atoms with Crippen molar-refractivity contribution in [1.82, 2.24) is 5.32 Å². The van der Waals surface area contributed by atoms with Gasteiger partial charge in [-0.1, -0.05) is 26.8 Å². The van der Waals surface area contributed by atoms with Crippen LogP contribution in [0.25, 0.3) is 0 Å². The van der Waals surface area contributed by atoms with E-state index in [9.17, 15) is 5.11 Å². The van der Waals surface area contributed by atoms with Crippen LogP contribution in [0.15, 0.2) is 18.2 Å². The number of methoxy groups -OCH3 is 1. The van der Waals surface area contributed by atoms with Gasteiger partial charge >= 0.3 is 0 Å². The number of nitrogens with one attached hydrogen (secondary N) is 1. The van der Waals surface area contributed by atoms with Crippen molar-refractivity contribution >= 4 is 0 Å². The third-order valence-corrected chi connectivity index (χ3v) is 2.99. The number of phenolic OH excluding ortho intramolecular Hbond substituents is 1. The molecule has 0 saturated heterocycles. The van der Waals surface area contributed by atoms with Crippen molar-refractivity contribution in [2.24, 2.45) is 5.41 Å². The van der Waals surface area contributed by atoms with Crippen molar-refractivity contribution in [2.45, 2.75) is 53.1 Å². The highest BCUT2D eigenvalue weighted by Gasteiger charge is 2.24. The third-order valence-electron chi connectivity index (χ3n) is 2.99. The second kappa shape index (κ2) is 5.83. The van der Waals surface area contributed by atoms with Gasteiger partial charge in [0.1, 0.15) is 0 Å². The Balaban J connectivity index is 2.64. The fourth-order valence-corrected chi connectivity index (χ4v) is 2.58. The third kappa shape index (κ3) is 5.52. The van der Waals surface area contributed by atoms with Crippen LogP contribution in [-0.4, -0.2) is 17.8 Å². The topological polar surface area (TPSA) is 41.5 Å². The maximum Gasteiger partial charge on any atom is 0.160 e. The van der Waals surface area contributed by atoms with Crippen LogP contribution in [0, 0.1) is 5.41 Å². The fraction of sp³-hybridized carbons (Fsp3) is 0.625. The monoisotopic (exact) mass is 265 g/mol. The van der Waals surface area contributed by atoms with Gasteiger partial charge in [-0.2, -0.15) is 0 Å². The average Bonchev–Trinajstić information content (AvgIpc) is 2.23. The number of phenols is 1. The summed E-state index contributed by atoms with van der Waals surface area (Å²) in [5.41, 5.74) is 1.41. The Kier molecular flexibility index (Phi) is 4.86. The molecule has 19 heavy (non-hydrogen) atoms. The maximum atomic E-state index is 9.75. The Bertz CT molecular complexity index is 419. The number of benzene rings is 1. The van der Waals surface area contributed by atoms with Crippen LogP contribution in [0.3, 0.4) is 0 Å². The molecule has 1 aromatic rings. The summed E-state index contributed by atoms with van der Waals surface area (Å²) < 4.78 is 5.04. The fourth-order valence-electron chi connectivity index (χ4n) is 2.58. The van der Waals surface area contributed by atoms with Gasteiger partial charge in [-0.15, -0.1) is 0 Å². The zero-order chi connectivity index (χ0) is 14.7. The molecule has 0 saturated carbocycles. The molecule has 2 N–H and O–H groups in total. The average molecular weight is 265 g/mol. The minimum Gasteiger partial charge on any atom is -0.504 e. The highest BCUT2D eigenvalue weighted by Crippen LogP contribution is 2.28. The first-order valence-corrected chi connectivity index (χ1v) is 6.74. The SMILES string of the molecule is COc1ccc(CNC(C)(C)CC(C)(C)C)cc1O. The summed E-state index contributed by atoms with van der Waals surface area (Å²) >= 11 is 0. The van der Waals surface area contributed by atoms with E-state index in [2.05, 4.69) is 39.9 Å². The molecule has 0 aliphatic rings. The second-order valence-corrected chi connectivity index (χ2v) is 6.98. The van der Waals surface area contributed by atoms with Gasteiger partial charge in [-0.05, 0) is 43.4 Å². The smallest absolute Gasteiger partial charge is 0.160 e. The van der Waals surface area contributed by atoms with E-state index in [1.165, 1.54) is 0 Å². The quantitative estimate of drug-likeness (QED) is 0.853. The first-order valence-electron chi connectivity index (χ1n) is 6.74. The summed E-state index contributed by atoms with van der Waals surface area (Å²) in [6.45, 7) is 11.9. The minimum atomic E-state index is 0.0633. The van der Waals surface area contributed by atoms with E-state index < -0.39 is 0 Å². The molecule has 108 valence electrons. The van der Waals surface area contributed by atoms with Gasteiger partial charge in [0.2, 0.25) is 0 Å². The molecule has 0 aromatic heterocycles. The Morgan fingerprint density at radius 2 is 1.79 bits per heavy atom. The first kappa shape index (κ1) is 15.8. The van der Waals surface area contributed by atoms with E-state index in [0.29, 0.717) is 11.2 Å². The summed E-state index contributed by atoms with van der Waals surface area (Å²) in [4.78, 5) is 0. The second-order valence-electron chi connectivity index (χ2n) is 6.98. The maximum absolute atomic E-state index is 9.75. The predicted molar refractivity (Wildman–Crippen MR) is 79.6 cm³/mol. The van der Waals surface area contributed by atoms with Gasteiger partial charge in [0.05, 0.1) is 7.11 Å². The zero-order valence-electron chi connectivity index (χ0n) is 13.0. The summed E-state index contributed by atoms with van der Waals surface area (Å²) in [5.74, 6) is 0.702. The van der Waals surface area contributed by atoms with Crippen molar-refractivity contribution in [3.05, 3.63) is 23.8 Å². The molecule has 1 rings (SSSR count). The highest BCUT2D eigenvalue weighted by atomic mass is 16.5. The van der Waals surface area contributed by atoms with Crippen LogP contribution in [0.2, 0.25) is 0 Å². The van der Waals surface area contributed by atoms with Crippen LogP contribution >= 0.6 is 0 Å². The van der Waals surface area contributed by atoms with Gasteiger partial charge < -0.3 is 15.2 Å². The largest absolute Gasteiger partial charge is 0.504 e. The van der Waals surface area contributed by atoms with E-state index in [-0.39, 0.29) is 11.3 Å². The lowest BCUT2D eigenvalue weighted by Gasteiger charge is -2.33. The van der Waals surface area contributed by atoms with Gasteiger partial charge in [0, 0.05) is 12.1 Å². The Morgan fingerprint density at radius 1 is 1.16 bits per heavy atom. The molecule has 0 unspecified atom stereocenters. The van der Waals surface area contributed by atoms with E-state index in [4.69, 9.17) is 4.74 Å². The van der Waals surface area contributed by atoms with E-state index >= 15 is 0 Å². The van der Waals surface area contributed by atoms with Crippen LogP contribution < -0.4 is 10.1 Å². The molecule has 0 spiro atoms. The van der Waals surface area contributed by atoms with E-state index in [1.54, 1.807) is 19.2 Å². The van der Waals surface area contributed by atoms with Crippen molar-refractivity contribution in [3.63, 3.8) is 0 Å².